The third kappa shape index (κ3) is 2.42. The van der Waals surface area contributed by atoms with Crippen molar-refractivity contribution in [1.82, 2.24) is 0 Å². The average molecular weight is 252 g/mol. The smallest absolute Gasteiger partial charge is 0.225 e. The van der Waals surface area contributed by atoms with Gasteiger partial charge in [0.1, 0.15) is 0 Å². The molecule has 0 fully saturated rings. The molecule has 0 aliphatic rings. The molecule has 2 atom stereocenters. The van der Waals surface area contributed by atoms with E-state index in [0.29, 0.717) is 0 Å². The summed E-state index contributed by atoms with van der Waals surface area (Å²) in [6.45, 7) is 0. The number of halogens is 7. The normalized spacial score (nSPS) is 21.9. The SMILES string of the molecule is FC(Cl)C(F)(Cl)C(Cl)(Cl)Cl. The molecule has 2 unspecified atom stereocenters. The zero-order valence-corrected chi connectivity index (χ0v) is 8.00. The highest BCUT2D eigenvalue weighted by Gasteiger charge is 2.54. The minimum absolute atomic E-state index is 2.57. The molecule has 0 saturated heterocycles. The van der Waals surface area contributed by atoms with Gasteiger partial charge >= 0.3 is 0 Å². The van der Waals surface area contributed by atoms with Gasteiger partial charge < -0.3 is 0 Å². The van der Waals surface area contributed by atoms with E-state index in [1.54, 1.807) is 0 Å². The fraction of sp³-hybridized carbons (Fsp3) is 1.00. The van der Waals surface area contributed by atoms with E-state index in [9.17, 15) is 8.78 Å². The summed E-state index contributed by atoms with van der Waals surface area (Å²) in [5.41, 5.74) is -2.57. The van der Waals surface area contributed by atoms with Crippen LogP contribution in [0.15, 0.2) is 0 Å². The summed E-state index contributed by atoms with van der Waals surface area (Å²) in [5, 5.41) is -3.20. The van der Waals surface area contributed by atoms with Gasteiger partial charge in [-0.15, -0.1) is 0 Å². The summed E-state index contributed by atoms with van der Waals surface area (Å²) in [6, 6.07) is 0. The molecule has 7 heteroatoms. The van der Waals surface area contributed by atoms with Crippen molar-refractivity contribution in [3.05, 3.63) is 0 Å². The fourth-order valence-corrected chi connectivity index (χ4v) is 0.742. The van der Waals surface area contributed by atoms with Crippen LogP contribution in [0.5, 0.6) is 0 Å². The quantitative estimate of drug-likeness (QED) is 0.623. The Morgan fingerprint density at radius 2 is 1.40 bits per heavy atom. The predicted molar refractivity (Wildman–Crippen MR) is 40.7 cm³/mol. The second-order valence-corrected chi connectivity index (χ2v) is 4.64. The summed E-state index contributed by atoms with van der Waals surface area (Å²) in [5.74, 6) is 0. The van der Waals surface area contributed by atoms with Crippen molar-refractivity contribution < 1.29 is 8.78 Å². The topological polar surface area (TPSA) is 0 Å². The van der Waals surface area contributed by atoms with Gasteiger partial charge in [-0.2, -0.15) is 0 Å². The van der Waals surface area contributed by atoms with Crippen molar-refractivity contribution >= 4 is 58.0 Å². The lowest BCUT2D eigenvalue weighted by Crippen LogP contribution is -2.38. The van der Waals surface area contributed by atoms with E-state index in [1.807, 2.05) is 0 Å². The highest BCUT2D eigenvalue weighted by Crippen LogP contribution is 2.48. The van der Waals surface area contributed by atoms with E-state index in [2.05, 4.69) is 11.6 Å². The lowest BCUT2D eigenvalue weighted by atomic mass is 10.4. The van der Waals surface area contributed by atoms with Crippen molar-refractivity contribution in [3.8, 4) is 0 Å². The van der Waals surface area contributed by atoms with E-state index in [1.165, 1.54) is 0 Å². The molecule has 0 aliphatic carbocycles. The number of rotatable bonds is 1. The molecule has 0 bridgehead atoms. The molecule has 0 saturated carbocycles. The van der Waals surface area contributed by atoms with Gasteiger partial charge in [0.25, 0.3) is 5.13 Å². The molecule has 0 heterocycles. The zero-order chi connectivity index (χ0) is 8.58. The zero-order valence-electron chi connectivity index (χ0n) is 4.22. The Kier molecular flexibility index (Phi) is 3.80. The van der Waals surface area contributed by atoms with Crippen LogP contribution in [-0.4, -0.2) is 14.6 Å². The summed E-state index contributed by atoms with van der Waals surface area (Å²) < 4.78 is 22.0. The predicted octanol–water partition coefficient (Wildman–Crippen LogP) is 3.80. The fourth-order valence-electron chi connectivity index (χ4n) is 0.124. The first-order chi connectivity index (χ1) is 4.19. The summed E-state index contributed by atoms with van der Waals surface area (Å²) in [7, 11) is 0. The van der Waals surface area contributed by atoms with Crippen LogP contribution in [0, 0.1) is 0 Å². The van der Waals surface area contributed by atoms with Gasteiger partial charge in [0.05, 0.1) is 0 Å². The number of hydrogen-bond donors (Lipinski definition) is 0. The molecule has 0 radical (unpaired) electrons. The first kappa shape index (κ1) is 11.3. The van der Waals surface area contributed by atoms with Gasteiger partial charge in [-0.25, -0.2) is 8.78 Å². The van der Waals surface area contributed by atoms with E-state index in [4.69, 9.17) is 46.4 Å². The molecule has 62 valence electrons. The van der Waals surface area contributed by atoms with Gasteiger partial charge in [-0.3, -0.25) is 0 Å². The van der Waals surface area contributed by atoms with Crippen LogP contribution in [0.3, 0.4) is 0 Å². The lowest BCUT2D eigenvalue weighted by molar-refractivity contribution is 0.189. The molecule has 0 spiro atoms. The summed E-state index contributed by atoms with van der Waals surface area (Å²) in [6.07, 6.45) is 0. The molecule has 10 heavy (non-hydrogen) atoms. The van der Waals surface area contributed by atoms with Gasteiger partial charge in [-0.05, 0) is 0 Å². The van der Waals surface area contributed by atoms with Crippen LogP contribution < -0.4 is 0 Å². The van der Waals surface area contributed by atoms with Gasteiger partial charge in [0, 0.05) is 0 Å². The second kappa shape index (κ2) is 3.36. The Bertz CT molecular complexity index is 117. The van der Waals surface area contributed by atoms with E-state index >= 15 is 0 Å². The molecule has 0 aromatic rings. The molecule has 0 aromatic heterocycles. The first-order valence-corrected chi connectivity index (χ1v) is 3.87. The highest BCUT2D eigenvalue weighted by atomic mass is 35.6. The molecule has 0 N–H and O–H groups in total. The maximum atomic E-state index is 12.6. The standard InChI is InChI=1S/C3HCl5F2/c4-1(9)2(5,10)3(6,7)8/h1H. The van der Waals surface area contributed by atoms with Crippen LogP contribution in [0.1, 0.15) is 0 Å². The average Bonchev–Trinajstić information content (AvgIpc) is 1.62. The summed E-state index contributed by atoms with van der Waals surface area (Å²) in [4.78, 5) is 0. The van der Waals surface area contributed by atoms with Crippen LogP contribution in [0.25, 0.3) is 0 Å². The third-order valence-corrected chi connectivity index (χ3v) is 2.65. The molecule has 0 nitrogen and oxygen atoms in total. The van der Waals surface area contributed by atoms with Crippen molar-refractivity contribution in [2.24, 2.45) is 0 Å². The Labute approximate surface area is 81.3 Å². The number of alkyl halides is 7. The number of hydrogen-bond acceptors (Lipinski definition) is 0. The van der Waals surface area contributed by atoms with Gasteiger partial charge in [-0.1, -0.05) is 58.0 Å². The monoisotopic (exact) mass is 250 g/mol. The minimum atomic E-state index is -3.20. The molecule has 0 aliphatic heterocycles. The van der Waals surface area contributed by atoms with Gasteiger partial charge in [0.2, 0.25) is 9.42 Å². The molecular formula is C3HCl5F2. The molecule has 0 aromatic carbocycles. The van der Waals surface area contributed by atoms with Crippen molar-refractivity contribution in [3.63, 3.8) is 0 Å². The first-order valence-electron chi connectivity index (χ1n) is 1.92. The van der Waals surface area contributed by atoms with E-state index in [-0.39, 0.29) is 0 Å². The van der Waals surface area contributed by atoms with Crippen molar-refractivity contribution in [1.29, 1.82) is 0 Å². The largest absolute Gasteiger partial charge is 0.274 e. The lowest BCUT2D eigenvalue weighted by Gasteiger charge is -2.24. The van der Waals surface area contributed by atoms with Crippen molar-refractivity contribution in [2.45, 2.75) is 14.6 Å². The Hall–Kier alpha value is 1.31. The summed E-state index contributed by atoms with van der Waals surface area (Å²) >= 11 is 24.2. The molecule has 0 rings (SSSR count). The van der Waals surface area contributed by atoms with Gasteiger partial charge in [0.15, 0.2) is 0 Å². The van der Waals surface area contributed by atoms with Crippen LogP contribution in [-0.2, 0) is 0 Å². The minimum Gasteiger partial charge on any atom is -0.225 e. The van der Waals surface area contributed by atoms with Crippen LogP contribution in [0.2, 0.25) is 0 Å². The Morgan fingerprint density at radius 1 is 1.10 bits per heavy atom. The maximum absolute atomic E-state index is 12.6. The second-order valence-electron chi connectivity index (χ2n) is 1.42. The molecule has 0 amide bonds. The van der Waals surface area contributed by atoms with E-state index in [0.717, 1.165) is 0 Å². The van der Waals surface area contributed by atoms with Crippen LogP contribution in [0.4, 0.5) is 8.78 Å². The Morgan fingerprint density at radius 3 is 1.40 bits per heavy atom. The van der Waals surface area contributed by atoms with Crippen molar-refractivity contribution in [2.75, 3.05) is 0 Å². The maximum Gasteiger partial charge on any atom is 0.274 e. The Balaban J connectivity index is 4.40. The van der Waals surface area contributed by atoms with Crippen LogP contribution >= 0.6 is 58.0 Å². The molecular weight excluding hydrogens is 251 g/mol. The highest BCUT2D eigenvalue weighted by molar-refractivity contribution is 6.71. The van der Waals surface area contributed by atoms with E-state index < -0.39 is 14.6 Å². The third-order valence-electron chi connectivity index (χ3n) is 0.652.